The molecule has 0 aliphatic rings. The predicted molar refractivity (Wildman–Crippen MR) is 92.9 cm³/mol. The fourth-order valence-corrected chi connectivity index (χ4v) is 1.88. The van der Waals surface area contributed by atoms with Crippen molar-refractivity contribution in [2.24, 2.45) is 11.5 Å². The summed E-state index contributed by atoms with van der Waals surface area (Å²) in [6, 6.07) is -4.90. The number of carbonyl (C=O) groups excluding carboxylic acids is 4. The molecule has 4 amide bonds. The first-order chi connectivity index (χ1) is 12.4. The number of hydrogen-bond acceptors (Lipinski definition) is 7. The minimum Gasteiger partial charge on any atom is -0.480 e. The zero-order valence-corrected chi connectivity index (χ0v) is 15.4. The first kappa shape index (κ1) is 24.3. The molecular formula is C15H27N5O7. The number of primary amides is 1. The van der Waals surface area contributed by atoms with Crippen molar-refractivity contribution < 1.29 is 34.2 Å². The van der Waals surface area contributed by atoms with Gasteiger partial charge in [0.25, 0.3) is 0 Å². The summed E-state index contributed by atoms with van der Waals surface area (Å²) < 4.78 is 0. The van der Waals surface area contributed by atoms with Crippen LogP contribution in [0.5, 0.6) is 0 Å². The monoisotopic (exact) mass is 389 g/mol. The summed E-state index contributed by atoms with van der Waals surface area (Å²) in [5.74, 6) is -4.47. The van der Waals surface area contributed by atoms with Gasteiger partial charge in [0.15, 0.2) is 0 Å². The molecule has 0 spiro atoms. The van der Waals surface area contributed by atoms with Crippen LogP contribution in [0.3, 0.4) is 0 Å². The average Bonchev–Trinajstić information content (AvgIpc) is 2.54. The lowest BCUT2D eigenvalue weighted by molar-refractivity contribution is -0.142. The maximum Gasteiger partial charge on any atom is 0.325 e. The van der Waals surface area contributed by atoms with Gasteiger partial charge < -0.3 is 37.6 Å². The molecule has 12 heteroatoms. The summed E-state index contributed by atoms with van der Waals surface area (Å²) in [4.78, 5) is 58.1. The molecule has 0 radical (unpaired) electrons. The number of carboxylic acids is 1. The highest BCUT2D eigenvalue weighted by Crippen LogP contribution is 2.02. The molecule has 0 rings (SSSR count). The largest absolute Gasteiger partial charge is 0.480 e. The SMILES string of the molecule is CC(N)C(=O)NC(CCC(N)=O)C(=O)NC(C(=O)NC(C)C(=O)O)C(C)O. The van der Waals surface area contributed by atoms with E-state index in [9.17, 15) is 29.1 Å². The number of nitrogens with one attached hydrogen (secondary N) is 3. The van der Waals surface area contributed by atoms with Crippen LogP contribution in [0.4, 0.5) is 0 Å². The van der Waals surface area contributed by atoms with Crippen molar-refractivity contribution in [3.63, 3.8) is 0 Å². The fourth-order valence-electron chi connectivity index (χ4n) is 1.88. The molecule has 0 heterocycles. The summed E-state index contributed by atoms with van der Waals surface area (Å²) in [5.41, 5.74) is 10.5. The van der Waals surface area contributed by atoms with Crippen molar-refractivity contribution in [2.75, 3.05) is 0 Å². The molecule has 0 aliphatic heterocycles. The number of carboxylic acid groups (broad SMARTS) is 1. The van der Waals surface area contributed by atoms with Gasteiger partial charge in [-0.05, 0) is 27.2 Å². The first-order valence-electron chi connectivity index (χ1n) is 8.22. The quantitative estimate of drug-likeness (QED) is 0.188. The van der Waals surface area contributed by atoms with E-state index in [1.165, 1.54) is 20.8 Å². The molecule has 27 heavy (non-hydrogen) atoms. The van der Waals surface area contributed by atoms with Gasteiger partial charge in [0.05, 0.1) is 12.1 Å². The van der Waals surface area contributed by atoms with E-state index in [2.05, 4.69) is 16.0 Å². The van der Waals surface area contributed by atoms with Crippen molar-refractivity contribution in [1.29, 1.82) is 0 Å². The zero-order valence-electron chi connectivity index (χ0n) is 15.4. The van der Waals surface area contributed by atoms with Gasteiger partial charge in [-0.2, -0.15) is 0 Å². The highest BCUT2D eigenvalue weighted by atomic mass is 16.4. The number of aliphatic carboxylic acids is 1. The molecule has 0 aromatic carbocycles. The highest BCUT2D eigenvalue weighted by Gasteiger charge is 2.31. The Labute approximate surface area is 156 Å². The zero-order chi connectivity index (χ0) is 21.3. The van der Waals surface area contributed by atoms with E-state index in [4.69, 9.17) is 16.6 Å². The van der Waals surface area contributed by atoms with Crippen LogP contribution in [0.1, 0.15) is 33.6 Å². The number of amides is 4. The van der Waals surface area contributed by atoms with Gasteiger partial charge in [-0.3, -0.25) is 24.0 Å². The lowest BCUT2D eigenvalue weighted by atomic mass is 10.1. The first-order valence-corrected chi connectivity index (χ1v) is 8.22. The number of nitrogens with two attached hydrogens (primary N) is 2. The van der Waals surface area contributed by atoms with Gasteiger partial charge in [-0.1, -0.05) is 0 Å². The summed E-state index contributed by atoms with van der Waals surface area (Å²) in [6.07, 6.45) is -1.74. The van der Waals surface area contributed by atoms with Crippen LogP contribution in [0.25, 0.3) is 0 Å². The van der Waals surface area contributed by atoms with Crippen molar-refractivity contribution in [3.05, 3.63) is 0 Å². The summed E-state index contributed by atoms with van der Waals surface area (Å²) >= 11 is 0. The van der Waals surface area contributed by atoms with Crippen molar-refractivity contribution >= 4 is 29.6 Å². The molecule has 154 valence electrons. The molecule has 9 N–H and O–H groups in total. The van der Waals surface area contributed by atoms with E-state index in [0.717, 1.165) is 0 Å². The number of aliphatic hydroxyl groups excluding tert-OH is 1. The second-order valence-electron chi connectivity index (χ2n) is 6.15. The van der Waals surface area contributed by atoms with E-state index >= 15 is 0 Å². The van der Waals surface area contributed by atoms with Crippen LogP contribution in [-0.2, 0) is 24.0 Å². The second kappa shape index (κ2) is 11.1. The normalized spacial score (nSPS) is 16.2. The predicted octanol–water partition coefficient (Wildman–Crippen LogP) is -3.46. The average molecular weight is 389 g/mol. The Kier molecular flexibility index (Phi) is 9.96. The topological polar surface area (TPSA) is 214 Å². The molecular weight excluding hydrogens is 362 g/mol. The molecule has 0 bridgehead atoms. The van der Waals surface area contributed by atoms with E-state index < -0.39 is 59.9 Å². The minimum atomic E-state index is -1.48. The molecule has 0 fully saturated rings. The Hall–Kier alpha value is -2.73. The van der Waals surface area contributed by atoms with Gasteiger partial charge in [-0.15, -0.1) is 0 Å². The van der Waals surface area contributed by atoms with Gasteiger partial charge in [0.2, 0.25) is 23.6 Å². The van der Waals surface area contributed by atoms with E-state index in [1.54, 1.807) is 0 Å². The smallest absolute Gasteiger partial charge is 0.325 e. The lowest BCUT2D eigenvalue weighted by Crippen LogP contribution is -2.59. The van der Waals surface area contributed by atoms with Crippen LogP contribution >= 0.6 is 0 Å². The van der Waals surface area contributed by atoms with Crippen LogP contribution in [-0.4, -0.2) is 70.1 Å². The molecule has 12 nitrogen and oxygen atoms in total. The van der Waals surface area contributed by atoms with Crippen LogP contribution in [0.15, 0.2) is 0 Å². The van der Waals surface area contributed by atoms with Gasteiger partial charge in [0.1, 0.15) is 18.1 Å². The molecule has 0 aromatic rings. The third kappa shape index (κ3) is 8.96. The van der Waals surface area contributed by atoms with Crippen molar-refractivity contribution in [1.82, 2.24) is 16.0 Å². The molecule has 0 aromatic heterocycles. The van der Waals surface area contributed by atoms with E-state index in [-0.39, 0.29) is 12.8 Å². The number of carbonyl (C=O) groups is 5. The van der Waals surface area contributed by atoms with Crippen LogP contribution in [0.2, 0.25) is 0 Å². The summed E-state index contributed by atoms with van der Waals surface area (Å²) in [5, 5.41) is 25.2. The lowest BCUT2D eigenvalue weighted by Gasteiger charge is -2.25. The molecule has 5 unspecified atom stereocenters. The van der Waals surface area contributed by atoms with Gasteiger partial charge in [-0.25, -0.2) is 0 Å². The second-order valence-corrected chi connectivity index (χ2v) is 6.15. The Morgan fingerprint density at radius 3 is 1.89 bits per heavy atom. The maximum absolute atomic E-state index is 12.4. The number of hydrogen-bond donors (Lipinski definition) is 7. The molecule has 5 atom stereocenters. The number of rotatable bonds is 11. The van der Waals surface area contributed by atoms with Crippen molar-refractivity contribution in [3.8, 4) is 0 Å². The number of aliphatic hydroxyl groups is 1. The fraction of sp³-hybridized carbons (Fsp3) is 0.667. The third-order valence-electron chi connectivity index (χ3n) is 3.52. The highest BCUT2D eigenvalue weighted by molar-refractivity contribution is 5.94. The Morgan fingerprint density at radius 1 is 0.926 bits per heavy atom. The molecule has 0 saturated heterocycles. The molecule has 0 aliphatic carbocycles. The minimum absolute atomic E-state index is 0.153. The van der Waals surface area contributed by atoms with Crippen LogP contribution in [0, 0.1) is 0 Å². The van der Waals surface area contributed by atoms with E-state index in [1.807, 2.05) is 0 Å². The third-order valence-corrected chi connectivity index (χ3v) is 3.52. The van der Waals surface area contributed by atoms with Gasteiger partial charge in [0, 0.05) is 6.42 Å². The van der Waals surface area contributed by atoms with Gasteiger partial charge >= 0.3 is 5.97 Å². The standard InChI is InChI=1S/C15H27N5O7/c1-6(16)12(23)19-9(4-5-10(17)22)13(24)20-11(8(3)21)14(25)18-7(2)15(26)27/h6-9,11,21H,4-5,16H2,1-3H3,(H2,17,22)(H,18,25)(H,19,23)(H,20,24)(H,26,27). The molecule has 0 saturated carbocycles. The summed E-state index contributed by atoms with van der Waals surface area (Å²) in [6.45, 7) is 3.81. The van der Waals surface area contributed by atoms with Crippen molar-refractivity contribution in [2.45, 2.75) is 63.9 Å². The summed E-state index contributed by atoms with van der Waals surface area (Å²) in [7, 11) is 0. The Balaban J connectivity index is 5.23. The van der Waals surface area contributed by atoms with Crippen LogP contribution < -0.4 is 27.4 Å². The van der Waals surface area contributed by atoms with E-state index in [0.29, 0.717) is 0 Å². The Morgan fingerprint density at radius 2 is 1.48 bits per heavy atom. The Bertz CT molecular complexity index is 579. The maximum atomic E-state index is 12.4.